The van der Waals surface area contributed by atoms with Crippen LogP contribution in [0.25, 0.3) is 0 Å². The van der Waals surface area contributed by atoms with Crippen molar-refractivity contribution in [3.63, 3.8) is 0 Å². The van der Waals surface area contributed by atoms with E-state index in [-0.39, 0.29) is 5.91 Å². The first-order valence-electron chi connectivity index (χ1n) is 6.80. The van der Waals surface area contributed by atoms with Crippen LogP contribution in [-0.4, -0.2) is 35.4 Å². The van der Waals surface area contributed by atoms with Crippen LogP contribution in [0.5, 0.6) is 0 Å². The molecule has 0 unspecified atom stereocenters. The molecule has 0 spiro atoms. The number of hydrogen-bond donors (Lipinski definition) is 1. The molecule has 1 aliphatic heterocycles. The number of halogens is 1. The Morgan fingerprint density at radius 3 is 2.84 bits per heavy atom. The van der Waals surface area contributed by atoms with Crippen molar-refractivity contribution >= 4 is 11.7 Å². The summed E-state index contributed by atoms with van der Waals surface area (Å²) >= 11 is 0. The van der Waals surface area contributed by atoms with Gasteiger partial charge in [-0.1, -0.05) is 6.92 Å². The van der Waals surface area contributed by atoms with Gasteiger partial charge in [0.15, 0.2) is 0 Å². The molecule has 1 aliphatic rings. The summed E-state index contributed by atoms with van der Waals surface area (Å²) in [5.74, 6) is 0.515. The van der Waals surface area contributed by atoms with Gasteiger partial charge in [-0.2, -0.15) is 0 Å². The number of piperidine rings is 1. The van der Waals surface area contributed by atoms with E-state index < -0.39 is 5.82 Å². The molecular formula is C14H20FN3O. The first-order valence-corrected chi connectivity index (χ1v) is 6.80. The van der Waals surface area contributed by atoms with Crippen molar-refractivity contribution in [2.24, 2.45) is 5.92 Å². The summed E-state index contributed by atoms with van der Waals surface area (Å²) in [7, 11) is 0. The smallest absolute Gasteiger partial charge is 0.257 e. The average molecular weight is 265 g/mol. The summed E-state index contributed by atoms with van der Waals surface area (Å²) in [6, 6.07) is 1.27. The van der Waals surface area contributed by atoms with Crippen LogP contribution in [0.15, 0.2) is 12.3 Å². The van der Waals surface area contributed by atoms with Crippen LogP contribution < -0.4 is 5.32 Å². The molecule has 0 saturated carbocycles. The van der Waals surface area contributed by atoms with E-state index in [2.05, 4.69) is 17.2 Å². The SMILES string of the molecule is CCNc1ncc(F)cc1C(=O)N1CCC(C)CC1. The maximum absolute atomic E-state index is 13.3. The molecule has 19 heavy (non-hydrogen) atoms. The van der Waals surface area contributed by atoms with Crippen LogP contribution in [0.1, 0.15) is 37.0 Å². The third-order valence-corrected chi connectivity index (χ3v) is 3.50. The molecule has 4 nitrogen and oxygen atoms in total. The Morgan fingerprint density at radius 2 is 2.21 bits per heavy atom. The molecule has 2 rings (SSSR count). The number of carbonyl (C=O) groups is 1. The highest BCUT2D eigenvalue weighted by atomic mass is 19.1. The zero-order chi connectivity index (χ0) is 13.8. The number of nitrogens with one attached hydrogen (secondary N) is 1. The Labute approximate surface area is 113 Å². The molecule has 1 N–H and O–H groups in total. The minimum atomic E-state index is -0.476. The summed E-state index contributed by atoms with van der Waals surface area (Å²) in [5.41, 5.74) is 0.330. The van der Waals surface area contributed by atoms with Crippen LogP contribution in [0, 0.1) is 11.7 Å². The number of rotatable bonds is 3. The number of likely N-dealkylation sites (tertiary alicyclic amines) is 1. The van der Waals surface area contributed by atoms with Gasteiger partial charge < -0.3 is 10.2 Å². The molecule has 1 fully saturated rings. The van der Waals surface area contributed by atoms with E-state index in [1.165, 1.54) is 6.07 Å². The number of hydrogen-bond acceptors (Lipinski definition) is 3. The van der Waals surface area contributed by atoms with Crippen molar-refractivity contribution in [3.05, 3.63) is 23.6 Å². The third-order valence-electron chi connectivity index (χ3n) is 3.50. The van der Waals surface area contributed by atoms with E-state index in [0.717, 1.165) is 32.1 Å². The Morgan fingerprint density at radius 1 is 1.53 bits per heavy atom. The normalized spacial score (nSPS) is 16.5. The van der Waals surface area contributed by atoms with Crippen molar-refractivity contribution in [3.8, 4) is 0 Å². The zero-order valence-corrected chi connectivity index (χ0v) is 11.4. The van der Waals surface area contributed by atoms with Crippen molar-refractivity contribution in [2.45, 2.75) is 26.7 Å². The average Bonchev–Trinajstić information content (AvgIpc) is 2.41. The van der Waals surface area contributed by atoms with Crippen LogP contribution >= 0.6 is 0 Å². The molecule has 0 atom stereocenters. The lowest BCUT2D eigenvalue weighted by Crippen LogP contribution is -2.38. The summed E-state index contributed by atoms with van der Waals surface area (Å²) < 4.78 is 13.3. The fraction of sp³-hybridized carbons (Fsp3) is 0.571. The maximum atomic E-state index is 13.3. The topological polar surface area (TPSA) is 45.2 Å². The molecule has 0 aliphatic carbocycles. The van der Waals surface area contributed by atoms with Gasteiger partial charge >= 0.3 is 0 Å². The van der Waals surface area contributed by atoms with Crippen LogP contribution in [0.4, 0.5) is 10.2 Å². The Balaban J connectivity index is 2.20. The molecule has 1 aromatic rings. The van der Waals surface area contributed by atoms with Crippen LogP contribution in [-0.2, 0) is 0 Å². The second-order valence-electron chi connectivity index (χ2n) is 5.05. The first-order chi connectivity index (χ1) is 9.11. The summed E-state index contributed by atoms with van der Waals surface area (Å²) in [4.78, 5) is 18.2. The number of amides is 1. The van der Waals surface area contributed by atoms with Gasteiger partial charge in [-0.15, -0.1) is 0 Å². The number of pyridine rings is 1. The summed E-state index contributed by atoms with van der Waals surface area (Å²) in [6.45, 7) is 6.23. The second-order valence-corrected chi connectivity index (χ2v) is 5.05. The monoisotopic (exact) mass is 265 g/mol. The predicted molar refractivity (Wildman–Crippen MR) is 72.7 cm³/mol. The van der Waals surface area contributed by atoms with Gasteiger partial charge in [0.05, 0.1) is 11.8 Å². The number of anilines is 1. The van der Waals surface area contributed by atoms with E-state index in [4.69, 9.17) is 0 Å². The first kappa shape index (κ1) is 13.8. The second kappa shape index (κ2) is 5.99. The minimum absolute atomic E-state index is 0.130. The highest BCUT2D eigenvalue weighted by Crippen LogP contribution is 2.21. The van der Waals surface area contributed by atoms with E-state index in [9.17, 15) is 9.18 Å². The quantitative estimate of drug-likeness (QED) is 0.913. The van der Waals surface area contributed by atoms with Crippen molar-refractivity contribution < 1.29 is 9.18 Å². The van der Waals surface area contributed by atoms with E-state index in [1.807, 2.05) is 6.92 Å². The van der Waals surface area contributed by atoms with Gasteiger partial charge in [-0.25, -0.2) is 9.37 Å². The molecule has 0 radical (unpaired) electrons. The molecule has 104 valence electrons. The Kier molecular flexibility index (Phi) is 4.35. The van der Waals surface area contributed by atoms with Gasteiger partial charge in [0.2, 0.25) is 0 Å². The van der Waals surface area contributed by atoms with Crippen molar-refractivity contribution in [2.75, 3.05) is 25.0 Å². The van der Waals surface area contributed by atoms with Gasteiger partial charge in [-0.05, 0) is 31.7 Å². The lowest BCUT2D eigenvalue weighted by Gasteiger charge is -2.30. The molecule has 2 heterocycles. The van der Waals surface area contributed by atoms with E-state index >= 15 is 0 Å². The highest BCUT2D eigenvalue weighted by molar-refractivity contribution is 5.98. The number of aromatic nitrogens is 1. The largest absolute Gasteiger partial charge is 0.370 e. The highest BCUT2D eigenvalue weighted by Gasteiger charge is 2.24. The zero-order valence-electron chi connectivity index (χ0n) is 11.4. The standard InChI is InChI=1S/C14H20FN3O/c1-3-16-13-12(8-11(15)9-17-13)14(19)18-6-4-10(2)5-7-18/h8-10H,3-7H2,1-2H3,(H,16,17). The summed E-state index contributed by atoms with van der Waals surface area (Å²) in [5, 5.41) is 3.01. The Hall–Kier alpha value is -1.65. The Bertz CT molecular complexity index is 456. The predicted octanol–water partition coefficient (Wildman–Crippen LogP) is 2.52. The van der Waals surface area contributed by atoms with Gasteiger partial charge in [0, 0.05) is 19.6 Å². The van der Waals surface area contributed by atoms with Gasteiger partial charge in [-0.3, -0.25) is 4.79 Å². The maximum Gasteiger partial charge on any atom is 0.257 e. The molecule has 1 amide bonds. The molecule has 0 bridgehead atoms. The third kappa shape index (κ3) is 3.22. The lowest BCUT2D eigenvalue weighted by molar-refractivity contribution is 0.0697. The van der Waals surface area contributed by atoms with Crippen molar-refractivity contribution in [1.29, 1.82) is 0 Å². The van der Waals surface area contributed by atoms with Crippen LogP contribution in [0.3, 0.4) is 0 Å². The fourth-order valence-corrected chi connectivity index (χ4v) is 2.29. The number of nitrogens with zero attached hydrogens (tertiary/aromatic N) is 2. The molecule has 1 aromatic heterocycles. The van der Waals surface area contributed by atoms with Crippen LogP contribution in [0.2, 0.25) is 0 Å². The lowest BCUT2D eigenvalue weighted by atomic mass is 9.98. The number of carbonyl (C=O) groups excluding carboxylic acids is 1. The van der Waals surface area contributed by atoms with E-state index in [1.54, 1.807) is 4.90 Å². The molecule has 0 aromatic carbocycles. The molecule has 1 saturated heterocycles. The van der Waals surface area contributed by atoms with Gasteiger partial charge in [0.1, 0.15) is 11.6 Å². The molecule has 5 heteroatoms. The summed E-state index contributed by atoms with van der Waals surface area (Å²) in [6.07, 6.45) is 3.14. The minimum Gasteiger partial charge on any atom is -0.370 e. The van der Waals surface area contributed by atoms with E-state index in [0.29, 0.717) is 23.8 Å². The van der Waals surface area contributed by atoms with Crippen molar-refractivity contribution in [1.82, 2.24) is 9.88 Å². The fourth-order valence-electron chi connectivity index (χ4n) is 2.29. The van der Waals surface area contributed by atoms with Gasteiger partial charge in [0.25, 0.3) is 5.91 Å². The molecular weight excluding hydrogens is 245 g/mol.